The lowest BCUT2D eigenvalue weighted by Gasteiger charge is -2.37. The summed E-state index contributed by atoms with van der Waals surface area (Å²) in [5, 5.41) is 10.8. The van der Waals surface area contributed by atoms with E-state index in [4.69, 9.17) is 9.47 Å². The molecule has 1 saturated heterocycles. The molecule has 0 spiro atoms. The summed E-state index contributed by atoms with van der Waals surface area (Å²) in [7, 11) is 1.71. The fraction of sp³-hybridized carbons (Fsp3) is 0.357. The second-order valence-corrected chi connectivity index (χ2v) is 8.59. The van der Waals surface area contributed by atoms with Crippen LogP contribution in [0.2, 0.25) is 0 Å². The molecule has 4 rings (SSSR count). The maximum atomic E-state index is 10.8. The van der Waals surface area contributed by atoms with Gasteiger partial charge in [0.25, 0.3) is 0 Å². The summed E-state index contributed by atoms with van der Waals surface area (Å²) in [5.41, 5.74) is 4.56. The molecule has 1 aliphatic rings. The number of methoxy groups -OCH3 is 1. The first-order valence-corrected chi connectivity index (χ1v) is 11.7. The van der Waals surface area contributed by atoms with E-state index in [0.29, 0.717) is 13.2 Å². The number of β-amino-alcohol motifs (C(OH)–C–C–N with tert-alkyl or cyclic N) is 1. The van der Waals surface area contributed by atoms with Crippen molar-refractivity contribution in [1.29, 1.82) is 0 Å². The first-order valence-electron chi connectivity index (χ1n) is 11.7. The number of aliphatic hydroxyl groups is 1. The van der Waals surface area contributed by atoms with Crippen molar-refractivity contribution in [3.63, 3.8) is 0 Å². The lowest BCUT2D eigenvalue weighted by molar-refractivity contribution is -0.00911. The average Bonchev–Trinajstić information content (AvgIpc) is 2.86. The van der Waals surface area contributed by atoms with Gasteiger partial charge in [-0.1, -0.05) is 66.7 Å². The highest BCUT2D eigenvalue weighted by molar-refractivity contribution is 5.58. The number of anilines is 1. The summed E-state index contributed by atoms with van der Waals surface area (Å²) >= 11 is 0. The van der Waals surface area contributed by atoms with Gasteiger partial charge >= 0.3 is 0 Å². The molecule has 5 nitrogen and oxygen atoms in total. The van der Waals surface area contributed by atoms with Crippen LogP contribution in [-0.2, 0) is 4.74 Å². The zero-order chi connectivity index (χ0) is 23.0. The monoisotopic (exact) mass is 446 g/mol. The minimum Gasteiger partial charge on any atom is -0.495 e. The van der Waals surface area contributed by atoms with E-state index in [2.05, 4.69) is 47.1 Å². The van der Waals surface area contributed by atoms with Crippen LogP contribution in [0.3, 0.4) is 0 Å². The summed E-state index contributed by atoms with van der Waals surface area (Å²) in [6, 6.07) is 26.7. The van der Waals surface area contributed by atoms with E-state index in [1.165, 1.54) is 5.56 Å². The summed E-state index contributed by atoms with van der Waals surface area (Å²) in [4.78, 5) is 4.66. The minimum absolute atomic E-state index is 0.190. The van der Waals surface area contributed by atoms with E-state index in [9.17, 15) is 5.11 Å². The molecule has 0 aliphatic carbocycles. The molecule has 0 saturated carbocycles. The molecule has 1 heterocycles. The third-order valence-corrected chi connectivity index (χ3v) is 6.30. The van der Waals surface area contributed by atoms with Gasteiger partial charge in [-0.3, -0.25) is 4.90 Å². The van der Waals surface area contributed by atoms with Crippen LogP contribution in [0.5, 0.6) is 5.75 Å². The van der Waals surface area contributed by atoms with E-state index >= 15 is 0 Å². The number of nitrogens with zero attached hydrogens (tertiary/aromatic N) is 2. The molecule has 1 N–H and O–H groups in total. The number of para-hydroxylation sites is 2. The quantitative estimate of drug-likeness (QED) is 0.531. The molecule has 1 aliphatic heterocycles. The standard InChI is InChI=1S/C28H34N2O3/c1-22-10-6-7-13-25(22)28(23-11-4-3-5-12-23)33-21-24(31)20-29-16-18-30(19-17-29)26-14-8-9-15-27(26)32-2/h3-15,24,28,31H,16-21H2,1-2H3/t24-,28+/m0/s1. The van der Waals surface area contributed by atoms with E-state index in [0.717, 1.165) is 48.7 Å². The normalized spacial score (nSPS) is 16.4. The molecular formula is C28H34N2O3. The predicted molar refractivity (Wildman–Crippen MR) is 133 cm³/mol. The molecule has 0 unspecified atom stereocenters. The molecule has 3 aromatic carbocycles. The Morgan fingerprint density at radius 3 is 2.24 bits per heavy atom. The molecule has 2 atom stereocenters. The molecule has 1 fully saturated rings. The van der Waals surface area contributed by atoms with Crippen LogP contribution in [-0.4, -0.2) is 62.6 Å². The maximum absolute atomic E-state index is 10.8. The van der Waals surface area contributed by atoms with Crippen molar-refractivity contribution in [2.45, 2.75) is 19.1 Å². The predicted octanol–water partition coefficient (Wildman–Crippen LogP) is 4.29. The largest absolute Gasteiger partial charge is 0.495 e. The number of rotatable bonds is 9. The third-order valence-electron chi connectivity index (χ3n) is 6.30. The van der Waals surface area contributed by atoms with Gasteiger partial charge in [0.15, 0.2) is 0 Å². The Balaban J connectivity index is 1.33. The Labute approximate surface area is 197 Å². The molecule has 0 radical (unpaired) electrons. The van der Waals surface area contributed by atoms with Gasteiger partial charge in [0.2, 0.25) is 0 Å². The lowest BCUT2D eigenvalue weighted by Crippen LogP contribution is -2.49. The summed E-state index contributed by atoms with van der Waals surface area (Å²) in [6.45, 7) is 6.61. The number of hydrogen-bond acceptors (Lipinski definition) is 5. The molecule has 174 valence electrons. The number of ether oxygens (including phenoxy) is 2. The van der Waals surface area contributed by atoms with E-state index in [1.54, 1.807) is 7.11 Å². The fourth-order valence-corrected chi connectivity index (χ4v) is 4.49. The summed E-state index contributed by atoms with van der Waals surface area (Å²) < 4.78 is 11.8. The summed E-state index contributed by atoms with van der Waals surface area (Å²) in [5.74, 6) is 0.905. The SMILES string of the molecule is COc1ccccc1N1CCN(C[C@H](O)CO[C@H](c2ccccc2)c2ccccc2C)CC1. The zero-order valence-electron chi connectivity index (χ0n) is 19.6. The molecule has 33 heavy (non-hydrogen) atoms. The number of hydrogen-bond donors (Lipinski definition) is 1. The Kier molecular flexibility index (Phi) is 8.00. The van der Waals surface area contributed by atoms with Crippen molar-refractivity contribution in [2.24, 2.45) is 0 Å². The number of aliphatic hydroxyl groups excluding tert-OH is 1. The van der Waals surface area contributed by atoms with Gasteiger partial charge in [-0.05, 0) is 35.7 Å². The van der Waals surface area contributed by atoms with Gasteiger partial charge in [-0.15, -0.1) is 0 Å². The van der Waals surface area contributed by atoms with Crippen molar-refractivity contribution in [3.8, 4) is 5.75 Å². The highest BCUT2D eigenvalue weighted by atomic mass is 16.5. The highest BCUT2D eigenvalue weighted by Gasteiger charge is 2.23. The smallest absolute Gasteiger partial charge is 0.142 e. The Morgan fingerprint density at radius 2 is 1.52 bits per heavy atom. The molecule has 0 amide bonds. The van der Waals surface area contributed by atoms with Crippen LogP contribution in [0.4, 0.5) is 5.69 Å². The van der Waals surface area contributed by atoms with E-state index in [1.807, 2.05) is 48.5 Å². The molecule has 0 aromatic heterocycles. The Bertz CT molecular complexity index is 1000. The van der Waals surface area contributed by atoms with Crippen molar-refractivity contribution >= 4 is 5.69 Å². The second-order valence-electron chi connectivity index (χ2n) is 8.59. The first-order chi connectivity index (χ1) is 16.2. The third kappa shape index (κ3) is 5.93. The first kappa shape index (κ1) is 23.3. The van der Waals surface area contributed by atoms with Gasteiger partial charge in [-0.2, -0.15) is 0 Å². The van der Waals surface area contributed by atoms with E-state index < -0.39 is 6.10 Å². The zero-order valence-corrected chi connectivity index (χ0v) is 19.6. The van der Waals surface area contributed by atoms with Crippen molar-refractivity contribution in [1.82, 2.24) is 4.90 Å². The lowest BCUT2D eigenvalue weighted by atomic mass is 9.97. The van der Waals surface area contributed by atoms with Gasteiger partial charge in [0.05, 0.1) is 25.5 Å². The van der Waals surface area contributed by atoms with Gasteiger partial charge in [0.1, 0.15) is 11.9 Å². The Morgan fingerprint density at radius 1 is 0.848 bits per heavy atom. The highest BCUT2D eigenvalue weighted by Crippen LogP contribution is 2.30. The number of benzene rings is 3. The fourth-order valence-electron chi connectivity index (χ4n) is 4.49. The number of piperazine rings is 1. The van der Waals surface area contributed by atoms with Crippen molar-refractivity contribution in [2.75, 3.05) is 51.3 Å². The average molecular weight is 447 g/mol. The van der Waals surface area contributed by atoms with Gasteiger partial charge in [0, 0.05) is 32.7 Å². The van der Waals surface area contributed by atoms with Crippen molar-refractivity contribution in [3.05, 3.63) is 95.6 Å². The van der Waals surface area contributed by atoms with Crippen LogP contribution in [0.25, 0.3) is 0 Å². The minimum atomic E-state index is -0.543. The van der Waals surface area contributed by atoms with Gasteiger partial charge in [-0.25, -0.2) is 0 Å². The number of aryl methyl sites for hydroxylation is 1. The summed E-state index contributed by atoms with van der Waals surface area (Å²) in [6.07, 6.45) is -0.734. The van der Waals surface area contributed by atoms with Crippen LogP contribution >= 0.6 is 0 Å². The molecular weight excluding hydrogens is 412 g/mol. The topological polar surface area (TPSA) is 45.2 Å². The van der Waals surface area contributed by atoms with Crippen molar-refractivity contribution < 1.29 is 14.6 Å². The van der Waals surface area contributed by atoms with Gasteiger partial charge < -0.3 is 19.5 Å². The maximum Gasteiger partial charge on any atom is 0.142 e. The van der Waals surface area contributed by atoms with Crippen LogP contribution in [0.1, 0.15) is 22.8 Å². The second kappa shape index (κ2) is 11.3. The van der Waals surface area contributed by atoms with E-state index in [-0.39, 0.29) is 6.10 Å². The van der Waals surface area contributed by atoms with Crippen LogP contribution in [0, 0.1) is 6.92 Å². The molecule has 3 aromatic rings. The molecule has 0 bridgehead atoms. The molecule has 5 heteroatoms. The van der Waals surface area contributed by atoms with Crippen LogP contribution in [0.15, 0.2) is 78.9 Å². The van der Waals surface area contributed by atoms with Crippen LogP contribution < -0.4 is 9.64 Å². The Hall–Kier alpha value is -2.86.